The van der Waals surface area contributed by atoms with Gasteiger partial charge in [0.1, 0.15) is 18.2 Å². The third-order valence-corrected chi connectivity index (χ3v) is 5.82. The summed E-state index contributed by atoms with van der Waals surface area (Å²) in [5.74, 6) is -0.765. The number of nitrogens with two attached hydrogens (primary N) is 1. The van der Waals surface area contributed by atoms with Gasteiger partial charge in [-0.05, 0) is 30.2 Å². The molecule has 0 spiro atoms. The van der Waals surface area contributed by atoms with Crippen molar-refractivity contribution in [2.45, 2.75) is 25.2 Å². The number of likely N-dealkylation sites (tertiary alicyclic amines) is 1. The Hall–Kier alpha value is -2.88. The van der Waals surface area contributed by atoms with Gasteiger partial charge in [-0.2, -0.15) is 0 Å². The van der Waals surface area contributed by atoms with E-state index in [1.54, 1.807) is 19.2 Å². The molecule has 3 rings (SSSR count). The first-order chi connectivity index (χ1) is 15.8. The van der Waals surface area contributed by atoms with Crippen LogP contribution in [0.3, 0.4) is 0 Å². The van der Waals surface area contributed by atoms with Gasteiger partial charge < -0.3 is 25.3 Å². The predicted molar refractivity (Wildman–Crippen MR) is 122 cm³/mol. The summed E-state index contributed by atoms with van der Waals surface area (Å²) in [6.07, 6.45) is 0.239. The second-order valence-corrected chi connectivity index (χ2v) is 8.15. The van der Waals surface area contributed by atoms with Crippen LogP contribution < -0.4 is 15.8 Å². The van der Waals surface area contributed by atoms with Gasteiger partial charge in [-0.3, -0.25) is 14.5 Å². The van der Waals surface area contributed by atoms with Gasteiger partial charge >= 0.3 is 5.97 Å². The smallest absolute Gasteiger partial charge is 0.320 e. The van der Waals surface area contributed by atoms with E-state index in [9.17, 15) is 14.0 Å². The van der Waals surface area contributed by atoms with Gasteiger partial charge in [0, 0.05) is 26.3 Å². The van der Waals surface area contributed by atoms with E-state index in [0.717, 1.165) is 0 Å². The molecule has 2 aromatic carbocycles. The van der Waals surface area contributed by atoms with Gasteiger partial charge in [0.05, 0.1) is 42.1 Å². The summed E-state index contributed by atoms with van der Waals surface area (Å²) in [5.41, 5.74) is 7.09. The highest BCUT2D eigenvalue weighted by atomic mass is 35.5. The second kappa shape index (κ2) is 11.3. The largest absolute Gasteiger partial charge is 0.496 e. The van der Waals surface area contributed by atoms with E-state index in [4.69, 9.17) is 31.5 Å². The van der Waals surface area contributed by atoms with Gasteiger partial charge in [-0.1, -0.05) is 23.7 Å². The fourth-order valence-electron chi connectivity index (χ4n) is 3.66. The number of esters is 1. The van der Waals surface area contributed by atoms with Gasteiger partial charge in [-0.25, -0.2) is 4.39 Å². The quantitative estimate of drug-likeness (QED) is 0.443. The number of hydrogen-bond donors (Lipinski definition) is 2. The predicted octanol–water partition coefficient (Wildman–Crippen LogP) is 2.63. The SMILES string of the molecule is COc1cc(N)c(Cl)cc1C(=O)NC1CCN(CC(=O)OCc2ccc(F)cc2)CC1OC. The number of carbonyl (C=O) groups excluding carboxylic acids is 2. The van der Waals surface area contributed by atoms with Gasteiger partial charge in [0.25, 0.3) is 5.91 Å². The molecule has 1 heterocycles. The summed E-state index contributed by atoms with van der Waals surface area (Å²) in [7, 11) is 3.01. The Kier molecular flexibility index (Phi) is 8.49. The van der Waals surface area contributed by atoms with Crippen LogP contribution >= 0.6 is 11.6 Å². The normalized spacial score (nSPS) is 18.5. The van der Waals surface area contributed by atoms with Crippen LogP contribution in [0, 0.1) is 5.82 Å². The van der Waals surface area contributed by atoms with Crippen LogP contribution in [-0.2, 0) is 20.9 Å². The Morgan fingerprint density at radius 1 is 1.24 bits per heavy atom. The summed E-state index contributed by atoms with van der Waals surface area (Å²) < 4.78 is 29.1. The van der Waals surface area contributed by atoms with Crippen LogP contribution in [0.25, 0.3) is 0 Å². The van der Waals surface area contributed by atoms with Crippen molar-refractivity contribution in [3.05, 3.63) is 58.4 Å². The molecule has 1 aliphatic rings. The van der Waals surface area contributed by atoms with E-state index in [1.165, 1.54) is 31.4 Å². The fraction of sp³-hybridized carbons (Fsp3) is 0.391. The van der Waals surface area contributed by atoms with E-state index in [1.807, 2.05) is 4.90 Å². The Morgan fingerprint density at radius 2 is 1.97 bits per heavy atom. The lowest BCUT2D eigenvalue weighted by molar-refractivity contribution is -0.147. The lowest BCUT2D eigenvalue weighted by Gasteiger charge is -2.37. The minimum atomic E-state index is -0.391. The first-order valence-corrected chi connectivity index (χ1v) is 10.8. The first-order valence-electron chi connectivity index (χ1n) is 10.4. The molecule has 178 valence electrons. The lowest BCUT2D eigenvalue weighted by Crippen LogP contribution is -2.55. The van der Waals surface area contributed by atoms with Gasteiger partial charge in [-0.15, -0.1) is 0 Å². The molecule has 1 saturated heterocycles. The Morgan fingerprint density at radius 3 is 2.64 bits per heavy atom. The highest BCUT2D eigenvalue weighted by Crippen LogP contribution is 2.29. The molecule has 1 amide bonds. The molecule has 2 aromatic rings. The van der Waals surface area contributed by atoms with Crippen LogP contribution in [0.1, 0.15) is 22.3 Å². The highest BCUT2D eigenvalue weighted by Gasteiger charge is 2.32. The van der Waals surface area contributed by atoms with Crippen molar-refractivity contribution in [3.8, 4) is 5.75 Å². The Bertz CT molecular complexity index is 989. The number of nitrogens with one attached hydrogen (secondary N) is 1. The monoisotopic (exact) mass is 479 g/mol. The summed E-state index contributed by atoms with van der Waals surface area (Å²) in [4.78, 5) is 27.0. The van der Waals surface area contributed by atoms with Crippen molar-refractivity contribution < 1.29 is 28.2 Å². The molecule has 0 aromatic heterocycles. The number of amides is 1. The average molecular weight is 480 g/mol. The molecule has 3 N–H and O–H groups in total. The lowest BCUT2D eigenvalue weighted by atomic mass is 10.0. The number of rotatable bonds is 8. The number of piperidine rings is 1. The fourth-order valence-corrected chi connectivity index (χ4v) is 3.83. The zero-order valence-electron chi connectivity index (χ0n) is 18.5. The minimum Gasteiger partial charge on any atom is -0.496 e. The van der Waals surface area contributed by atoms with E-state index < -0.39 is 5.97 Å². The maximum absolute atomic E-state index is 13.0. The van der Waals surface area contributed by atoms with Crippen LogP contribution in [0.4, 0.5) is 10.1 Å². The van der Waals surface area contributed by atoms with Crippen LogP contribution in [0.15, 0.2) is 36.4 Å². The first kappa shape index (κ1) is 24.8. The summed E-state index contributed by atoms with van der Waals surface area (Å²) in [5, 5.41) is 3.23. The van der Waals surface area contributed by atoms with Crippen LogP contribution in [0.5, 0.6) is 5.75 Å². The topological polar surface area (TPSA) is 103 Å². The zero-order chi connectivity index (χ0) is 24.0. The number of anilines is 1. The second-order valence-electron chi connectivity index (χ2n) is 7.74. The molecule has 0 saturated carbocycles. The molecule has 33 heavy (non-hydrogen) atoms. The maximum Gasteiger partial charge on any atom is 0.320 e. The number of carbonyl (C=O) groups is 2. The number of hydrogen-bond acceptors (Lipinski definition) is 7. The number of ether oxygens (including phenoxy) is 3. The molecule has 10 heteroatoms. The summed E-state index contributed by atoms with van der Waals surface area (Å²) in [6, 6.07) is 8.49. The molecule has 1 fully saturated rings. The van der Waals surface area contributed by atoms with E-state index in [2.05, 4.69) is 5.32 Å². The molecule has 2 atom stereocenters. The minimum absolute atomic E-state index is 0.0747. The molecule has 1 aliphatic heterocycles. The third kappa shape index (κ3) is 6.56. The summed E-state index contributed by atoms with van der Waals surface area (Å²) in [6.45, 7) is 1.16. The molecule has 0 bridgehead atoms. The van der Waals surface area contributed by atoms with E-state index >= 15 is 0 Å². The molecule has 8 nitrogen and oxygen atoms in total. The number of nitrogens with zero attached hydrogens (tertiary/aromatic N) is 1. The molecular formula is C23H27ClFN3O5. The standard InChI is InChI=1S/C23H27ClFN3O5/c1-31-20-10-18(26)17(24)9-16(20)23(30)27-19-7-8-28(11-21(19)32-2)12-22(29)33-13-14-3-5-15(25)6-4-14/h3-6,9-10,19,21H,7-8,11-13,26H2,1-2H3,(H,27,30). The molecule has 0 aliphatic carbocycles. The number of benzene rings is 2. The van der Waals surface area contributed by atoms with Crippen molar-refractivity contribution in [3.63, 3.8) is 0 Å². The van der Waals surface area contributed by atoms with Crippen molar-refractivity contribution >= 4 is 29.2 Å². The van der Waals surface area contributed by atoms with Crippen molar-refractivity contribution in [1.82, 2.24) is 10.2 Å². The number of halogens is 2. The zero-order valence-corrected chi connectivity index (χ0v) is 19.2. The Balaban J connectivity index is 1.54. The molecule has 0 radical (unpaired) electrons. The molecular weight excluding hydrogens is 453 g/mol. The maximum atomic E-state index is 13.0. The van der Waals surface area contributed by atoms with Crippen LogP contribution in [0.2, 0.25) is 5.02 Å². The van der Waals surface area contributed by atoms with Crippen LogP contribution in [-0.4, -0.2) is 62.8 Å². The Labute approximate surface area is 196 Å². The third-order valence-electron chi connectivity index (χ3n) is 5.49. The van der Waals surface area contributed by atoms with Crippen molar-refractivity contribution in [2.75, 3.05) is 39.6 Å². The average Bonchev–Trinajstić information content (AvgIpc) is 2.81. The summed E-state index contributed by atoms with van der Waals surface area (Å²) >= 11 is 6.07. The number of nitrogen functional groups attached to an aromatic ring is 1. The van der Waals surface area contributed by atoms with E-state index in [-0.39, 0.29) is 47.6 Å². The van der Waals surface area contributed by atoms with E-state index in [0.29, 0.717) is 36.5 Å². The van der Waals surface area contributed by atoms with Crippen molar-refractivity contribution in [2.24, 2.45) is 0 Å². The van der Waals surface area contributed by atoms with Gasteiger partial charge in [0.2, 0.25) is 0 Å². The number of methoxy groups -OCH3 is 2. The van der Waals surface area contributed by atoms with Gasteiger partial charge in [0.15, 0.2) is 0 Å². The molecule has 2 unspecified atom stereocenters. The van der Waals surface area contributed by atoms with Crippen molar-refractivity contribution in [1.29, 1.82) is 0 Å². The highest BCUT2D eigenvalue weighted by molar-refractivity contribution is 6.33.